The van der Waals surface area contributed by atoms with E-state index in [2.05, 4.69) is 10.6 Å². The van der Waals surface area contributed by atoms with Gasteiger partial charge in [0.1, 0.15) is 0 Å². The first kappa shape index (κ1) is 16.6. The van der Waals surface area contributed by atoms with Gasteiger partial charge in [-0.05, 0) is 43.5 Å². The average Bonchev–Trinajstić information content (AvgIpc) is 2.48. The SMILES string of the molecule is CN(C)c1ccc(NC(=O)NC2(CCO)CCCCC2)cc1. The Hall–Kier alpha value is -1.75. The Kier molecular flexibility index (Phi) is 5.66. The fourth-order valence-corrected chi connectivity index (χ4v) is 3.13. The Bertz CT molecular complexity index is 474. The van der Waals surface area contributed by atoms with Crippen LogP contribution in [0.15, 0.2) is 24.3 Å². The van der Waals surface area contributed by atoms with Crippen molar-refractivity contribution in [2.24, 2.45) is 0 Å². The lowest BCUT2D eigenvalue weighted by Gasteiger charge is -2.37. The molecule has 1 aliphatic carbocycles. The zero-order chi connectivity index (χ0) is 16.0. The minimum absolute atomic E-state index is 0.109. The van der Waals surface area contributed by atoms with Crippen molar-refractivity contribution in [1.82, 2.24) is 5.32 Å². The number of anilines is 2. The third-order valence-corrected chi connectivity index (χ3v) is 4.42. The van der Waals surface area contributed by atoms with Crippen molar-refractivity contribution in [2.75, 3.05) is 30.9 Å². The summed E-state index contributed by atoms with van der Waals surface area (Å²) in [5.74, 6) is 0. The molecule has 22 heavy (non-hydrogen) atoms. The molecule has 122 valence electrons. The van der Waals surface area contributed by atoms with E-state index in [1.807, 2.05) is 43.3 Å². The molecule has 0 saturated heterocycles. The molecule has 3 N–H and O–H groups in total. The van der Waals surface area contributed by atoms with E-state index in [4.69, 9.17) is 0 Å². The van der Waals surface area contributed by atoms with Crippen LogP contribution < -0.4 is 15.5 Å². The molecule has 0 unspecified atom stereocenters. The Morgan fingerprint density at radius 2 is 1.82 bits per heavy atom. The van der Waals surface area contributed by atoms with E-state index < -0.39 is 0 Å². The van der Waals surface area contributed by atoms with Crippen molar-refractivity contribution in [1.29, 1.82) is 0 Å². The van der Waals surface area contributed by atoms with Crippen molar-refractivity contribution in [3.05, 3.63) is 24.3 Å². The van der Waals surface area contributed by atoms with Crippen LogP contribution in [-0.2, 0) is 0 Å². The highest BCUT2D eigenvalue weighted by atomic mass is 16.3. The Balaban J connectivity index is 1.95. The summed E-state index contributed by atoms with van der Waals surface area (Å²) in [6.45, 7) is 0.109. The number of hydrogen-bond donors (Lipinski definition) is 3. The maximum atomic E-state index is 12.3. The standard InChI is InChI=1S/C17H27N3O2/c1-20(2)15-8-6-14(7-9-15)18-16(22)19-17(12-13-21)10-4-3-5-11-17/h6-9,21H,3-5,10-13H2,1-2H3,(H2,18,19,22). The summed E-state index contributed by atoms with van der Waals surface area (Å²) in [5.41, 5.74) is 1.62. The van der Waals surface area contributed by atoms with Crippen molar-refractivity contribution < 1.29 is 9.90 Å². The molecule has 0 atom stereocenters. The molecular weight excluding hydrogens is 278 g/mol. The highest BCUT2D eigenvalue weighted by Crippen LogP contribution is 2.31. The highest BCUT2D eigenvalue weighted by Gasteiger charge is 2.32. The lowest BCUT2D eigenvalue weighted by molar-refractivity contribution is 0.168. The van der Waals surface area contributed by atoms with Crippen LogP contribution in [0.1, 0.15) is 38.5 Å². The van der Waals surface area contributed by atoms with Gasteiger partial charge in [-0.1, -0.05) is 19.3 Å². The molecule has 2 rings (SSSR count). The molecule has 0 radical (unpaired) electrons. The smallest absolute Gasteiger partial charge is 0.319 e. The maximum Gasteiger partial charge on any atom is 0.319 e. The van der Waals surface area contributed by atoms with E-state index >= 15 is 0 Å². The second-order valence-electron chi connectivity index (χ2n) is 6.34. The van der Waals surface area contributed by atoms with Gasteiger partial charge in [-0.15, -0.1) is 0 Å². The van der Waals surface area contributed by atoms with Crippen LogP contribution in [0.5, 0.6) is 0 Å². The first-order valence-corrected chi connectivity index (χ1v) is 8.02. The molecule has 1 aromatic rings. The maximum absolute atomic E-state index is 12.3. The third kappa shape index (κ3) is 4.37. The van der Waals surface area contributed by atoms with Crippen LogP contribution >= 0.6 is 0 Å². The predicted octanol–water partition coefficient (Wildman–Crippen LogP) is 2.96. The van der Waals surface area contributed by atoms with Gasteiger partial charge >= 0.3 is 6.03 Å². The quantitative estimate of drug-likeness (QED) is 0.783. The fourth-order valence-electron chi connectivity index (χ4n) is 3.13. The fraction of sp³-hybridized carbons (Fsp3) is 0.588. The van der Waals surface area contributed by atoms with E-state index in [0.717, 1.165) is 37.1 Å². The topological polar surface area (TPSA) is 64.6 Å². The van der Waals surface area contributed by atoms with Crippen LogP contribution in [0.2, 0.25) is 0 Å². The van der Waals surface area contributed by atoms with Gasteiger partial charge in [0.25, 0.3) is 0 Å². The Morgan fingerprint density at radius 3 is 2.36 bits per heavy atom. The highest BCUT2D eigenvalue weighted by molar-refractivity contribution is 5.90. The molecule has 0 aromatic heterocycles. The molecule has 0 bridgehead atoms. The number of nitrogens with zero attached hydrogens (tertiary/aromatic N) is 1. The Labute approximate surface area is 132 Å². The number of carbonyl (C=O) groups is 1. The predicted molar refractivity (Wildman–Crippen MR) is 90.4 cm³/mol. The van der Waals surface area contributed by atoms with Crippen molar-refractivity contribution in [3.8, 4) is 0 Å². The number of urea groups is 1. The van der Waals surface area contributed by atoms with Crippen LogP contribution in [0, 0.1) is 0 Å². The van der Waals surface area contributed by atoms with Crippen molar-refractivity contribution >= 4 is 17.4 Å². The summed E-state index contributed by atoms with van der Waals surface area (Å²) in [6, 6.07) is 7.55. The zero-order valence-corrected chi connectivity index (χ0v) is 13.6. The average molecular weight is 305 g/mol. The molecule has 2 amide bonds. The van der Waals surface area contributed by atoms with Crippen LogP contribution in [0.3, 0.4) is 0 Å². The minimum atomic E-state index is -0.249. The Morgan fingerprint density at radius 1 is 1.18 bits per heavy atom. The number of nitrogens with one attached hydrogen (secondary N) is 2. The number of rotatable bonds is 5. The van der Waals surface area contributed by atoms with E-state index in [9.17, 15) is 9.90 Å². The number of amides is 2. The number of aliphatic hydroxyl groups excluding tert-OH is 1. The number of carbonyl (C=O) groups excluding carboxylic acids is 1. The van der Waals surface area contributed by atoms with E-state index in [0.29, 0.717) is 6.42 Å². The van der Waals surface area contributed by atoms with Gasteiger partial charge < -0.3 is 20.6 Å². The zero-order valence-electron chi connectivity index (χ0n) is 13.6. The summed E-state index contributed by atoms with van der Waals surface area (Å²) >= 11 is 0. The van der Waals surface area contributed by atoms with Crippen LogP contribution in [-0.4, -0.2) is 37.4 Å². The number of hydrogen-bond acceptors (Lipinski definition) is 3. The minimum Gasteiger partial charge on any atom is -0.396 e. The van der Waals surface area contributed by atoms with Gasteiger partial charge in [-0.3, -0.25) is 0 Å². The lowest BCUT2D eigenvalue weighted by Crippen LogP contribution is -2.51. The summed E-state index contributed by atoms with van der Waals surface area (Å²) < 4.78 is 0. The number of aliphatic hydroxyl groups is 1. The monoisotopic (exact) mass is 305 g/mol. The second-order valence-corrected chi connectivity index (χ2v) is 6.34. The molecule has 5 nitrogen and oxygen atoms in total. The first-order valence-electron chi connectivity index (χ1n) is 8.02. The van der Waals surface area contributed by atoms with Gasteiger partial charge in [0.05, 0.1) is 0 Å². The van der Waals surface area contributed by atoms with E-state index in [1.165, 1.54) is 6.42 Å². The molecule has 0 heterocycles. The van der Waals surface area contributed by atoms with Crippen molar-refractivity contribution in [2.45, 2.75) is 44.1 Å². The molecule has 5 heteroatoms. The van der Waals surface area contributed by atoms with E-state index in [1.54, 1.807) is 0 Å². The normalized spacial score (nSPS) is 16.9. The molecule has 0 spiro atoms. The molecule has 1 saturated carbocycles. The van der Waals surface area contributed by atoms with Gasteiger partial charge in [-0.25, -0.2) is 4.79 Å². The number of benzene rings is 1. The largest absolute Gasteiger partial charge is 0.396 e. The van der Waals surface area contributed by atoms with Crippen LogP contribution in [0.4, 0.5) is 16.2 Å². The van der Waals surface area contributed by atoms with Gasteiger partial charge in [-0.2, -0.15) is 0 Å². The van der Waals surface area contributed by atoms with Gasteiger partial charge in [0.2, 0.25) is 0 Å². The first-order chi connectivity index (χ1) is 10.5. The third-order valence-electron chi connectivity index (χ3n) is 4.42. The molecule has 1 aromatic carbocycles. The summed E-state index contributed by atoms with van der Waals surface area (Å²) in [7, 11) is 3.97. The van der Waals surface area contributed by atoms with E-state index in [-0.39, 0.29) is 18.2 Å². The van der Waals surface area contributed by atoms with Gasteiger partial charge in [0.15, 0.2) is 0 Å². The van der Waals surface area contributed by atoms with Gasteiger partial charge in [0, 0.05) is 37.6 Å². The summed E-state index contributed by atoms with van der Waals surface area (Å²) in [4.78, 5) is 14.3. The molecule has 0 aliphatic heterocycles. The van der Waals surface area contributed by atoms with Crippen LogP contribution in [0.25, 0.3) is 0 Å². The van der Waals surface area contributed by atoms with Crippen molar-refractivity contribution in [3.63, 3.8) is 0 Å². The summed E-state index contributed by atoms with van der Waals surface area (Å²) in [5, 5.41) is 15.3. The molecule has 1 fully saturated rings. The molecular formula is C17H27N3O2. The summed E-state index contributed by atoms with van der Waals surface area (Å²) in [6.07, 6.45) is 5.94. The lowest BCUT2D eigenvalue weighted by atomic mass is 9.79. The molecule has 1 aliphatic rings. The second kappa shape index (κ2) is 7.49.